The van der Waals surface area contributed by atoms with Crippen LogP contribution in [0.25, 0.3) is 0 Å². The minimum absolute atomic E-state index is 0.157. The third-order valence-corrected chi connectivity index (χ3v) is 4.78. The Hall–Kier alpha value is -3.26. The van der Waals surface area contributed by atoms with Crippen LogP contribution in [-0.4, -0.2) is 30.0 Å². The molecule has 0 bridgehead atoms. The molecule has 0 spiro atoms. The molecule has 3 aromatic rings. The van der Waals surface area contributed by atoms with Crippen LogP contribution in [0.1, 0.15) is 21.6 Å². The minimum atomic E-state index is -0.650. The number of anilines is 1. The van der Waals surface area contributed by atoms with Gasteiger partial charge in [-0.2, -0.15) is 0 Å². The van der Waals surface area contributed by atoms with Crippen LogP contribution in [0.4, 0.5) is 9.52 Å². The van der Waals surface area contributed by atoms with Gasteiger partial charge < -0.3 is 15.4 Å². The number of nitrogens with zero attached hydrogens (tertiary/aromatic N) is 1. The fraction of sp³-hybridized carbons (Fsp3) is 0.190. The van der Waals surface area contributed by atoms with Gasteiger partial charge in [0.05, 0.1) is 0 Å². The summed E-state index contributed by atoms with van der Waals surface area (Å²) in [5, 5.41) is 7.99. The molecular formula is C21H20FN3O3S. The fourth-order valence-electron chi connectivity index (χ4n) is 2.48. The molecule has 2 N–H and O–H groups in total. The zero-order chi connectivity index (χ0) is 20.5. The molecule has 0 saturated carbocycles. The number of benzene rings is 2. The van der Waals surface area contributed by atoms with Gasteiger partial charge in [-0.3, -0.25) is 4.79 Å². The van der Waals surface area contributed by atoms with Gasteiger partial charge in [-0.15, -0.1) is 11.3 Å². The number of rotatable bonds is 9. The molecule has 29 heavy (non-hydrogen) atoms. The molecule has 0 unspecified atom stereocenters. The lowest BCUT2D eigenvalue weighted by Crippen LogP contribution is -2.30. The summed E-state index contributed by atoms with van der Waals surface area (Å²) in [7, 11) is 0. The van der Waals surface area contributed by atoms with Crippen LogP contribution in [-0.2, 0) is 22.5 Å². The van der Waals surface area contributed by atoms with E-state index < -0.39 is 11.9 Å². The highest BCUT2D eigenvalue weighted by Crippen LogP contribution is 2.17. The molecular weight excluding hydrogens is 393 g/mol. The number of hydrogen-bond acceptors (Lipinski definition) is 6. The van der Waals surface area contributed by atoms with E-state index >= 15 is 0 Å². The van der Waals surface area contributed by atoms with Gasteiger partial charge >= 0.3 is 5.97 Å². The lowest BCUT2D eigenvalue weighted by atomic mass is 10.1. The molecule has 0 aliphatic heterocycles. The van der Waals surface area contributed by atoms with Gasteiger partial charge in [0.1, 0.15) is 5.82 Å². The van der Waals surface area contributed by atoms with Crippen LogP contribution in [0.5, 0.6) is 0 Å². The number of halogens is 1. The van der Waals surface area contributed by atoms with E-state index in [2.05, 4.69) is 15.6 Å². The third-order valence-electron chi connectivity index (χ3n) is 3.98. The van der Waals surface area contributed by atoms with Gasteiger partial charge in [-0.05, 0) is 29.7 Å². The van der Waals surface area contributed by atoms with E-state index in [1.165, 1.54) is 23.5 Å². The molecule has 3 rings (SSSR count). The standard InChI is InChI=1S/C21H20FN3O3S/c22-17-8-6-15(7-9-17)10-11-23-19(26)13-28-20(27)18-14-29-21(25-18)24-12-16-4-2-1-3-5-16/h1-9,14H,10-13H2,(H,23,26)(H,24,25). The van der Waals surface area contributed by atoms with E-state index in [1.807, 2.05) is 30.3 Å². The Bertz CT molecular complexity index is 945. The van der Waals surface area contributed by atoms with E-state index in [0.717, 1.165) is 11.1 Å². The SMILES string of the molecule is O=C(COC(=O)c1csc(NCc2ccccc2)n1)NCCc1ccc(F)cc1. The second-order valence-electron chi connectivity index (χ2n) is 6.18. The van der Waals surface area contributed by atoms with Crippen LogP contribution in [0, 0.1) is 5.82 Å². The van der Waals surface area contributed by atoms with Crippen molar-refractivity contribution in [1.29, 1.82) is 0 Å². The van der Waals surface area contributed by atoms with Crippen LogP contribution >= 0.6 is 11.3 Å². The van der Waals surface area contributed by atoms with E-state index in [0.29, 0.717) is 24.6 Å². The first-order chi connectivity index (χ1) is 14.1. The van der Waals surface area contributed by atoms with Gasteiger partial charge in [-0.1, -0.05) is 42.5 Å². The van der Waals surface area contributed by atoms with E-state index in [1.54, 1.807) is 17.5 Å². The summed E-state index contributed by atoms with van der Waals surface area (Å²) >= 11 is 1.29. The molecule has 0 atom stereocenters. The van der Waals surface area contributed by atoms with Gasteiger partial charge in [0.25, 0.3) is 5.91 Å². The summed E-state index contributed by atoms with van der Waals surface area (Å²) in [5.41, 5.74) is 2.16. The summed E-state index contributed by atoms with van der Waals surface area (Å²) in [6.45, 7) is 0.581. The van der Waals surface area contributed by atoms with Crippen molar-refractivity contribution in [1.82, 2.24) is 10.3 Å². The molecule has 0 aliphatic rings. The number of aromatic nitrogens is 1. The highest BCUT2D eigenvalue weighted by atomic mass is 32.1. The predicted octanol–water partition coefficient (Wildman–Crippen LogP) is 3.41. The Kier molecular flexibility index (Phi) is 7.29. The molecule has 150 valence electrons. The van der Waals surface area contributed by atoms with Gasteiger partial charge in [-0.25, -0.2) is 14.2 Å². The van der Waals surface area contributed by atoms with Crippen molar-refractivity contribution in [2.45, 2.75) is 13.0 Å². The maximum absolute atomic E-state index is 12.8. The van der Waals surface area contributed by atoms with Crippen molar-refractivity contribution in [2.75, 3.05) is 18.5 Å². The summed E-state index contributed by atoms with van der Waals surface area (Å²) < 4.78 is 17.8. The smallest absolute Gasteiger partial charge is 0.358 e. The van der Waals surface area contributed by atoms with Crippen LogP contribution in [0.3, 0.4) is 0 Å². The monoisotopic (exact) mass is 413 g/mol. The highest BCUT2D eigenvalue weighted by molar-refractivity contribution is 7.13. The fourth-order valence-corrected chi connectivity index (χ4v) is 3.15. The Labute approximate surface area is 171 Å². The lowest BCUT2D eigenvalue weighted by Gasteiger charge is -2.06. The van der Waals surface area contributed by atoms with Gasteiger partial charge in [0, 0.05) is 18.5 Å². The quantitative estimate of drug-likeness (QED) is 0.526. The van der Waals surface area contributed by atoms with Gasteiger partial charge in [0.2, 0.25) is 0 Å². The van der Waals surface area contributed by atoms with Crippen molar-refractivity contribution < 1.29 is 18.7 Å². The summed E-state index contributed by atoms with van der Waals surface area (Å²) in [6, 6.07) is 15.9. The normalized spacial score (nSPS) is 10.4. The zero-order valence-corrected chi connectivity index (χ0v) is 16.4. The molecule has 0 fully saturated rings. The van der Waals surface area contributed by atoms with Crippen LogP contribution in [0.15, 0.2) is 60.0 Å². The molecule has 0 saturated heterocycles. The molecule has 0 radical (unpaired) electrons. The summed E-state index contributed by atoms with van der Waals surface area (Å²) in [5.74, 6) is -1.36. The first-order valence-electron chi connectivity index (χ1n) is 9.02. The summed E-state index contributed by atoms with van der Waals surface area (Å²) in [6.07, 6.45) is 0.558. The zero-order valence-electron chi connectivity index (χ0n) is 15.6. The van der Waals surface area contributed by atoms with Crippen LogP contribution < -0.4 is 10.6 Å². The number of thiazole rings is 1. The van der Waals surface area contributed by atoms with Crippen molar-refractivity contribution in [2.24, 2.45) is 0 Å². The molecule has 6 nitrogen and oxygen atoms in total. The number of carbonyl (C=O) groups is 2. The Balaban J connectivity index is 1.37. The predicted molar refractivity (Wildman–Crippen MR) is 109 cm³/mol. The number of hydrogen-bond donors (Lipinski definition) is 2. The number of ether oxygens (including phenoxy) is 1. The second kappa shape index (κ2) is 10.3. The molecule has 1 heterocycles. The lowest BCUT2D eigenvalue weighted by molar-refractivity contribution is -0.124. The van der Waals surface area contributed by atoms with Crippen molar-refractivity contribution >= 4 is 28.3 Å². The van der Waals surface area contributed by atoms with Crippen LogP contribution in [0.2, 0.25) is 0 Å². The number of nitrogens with one attached hydrogen (secondary N) is 2. The summed E-state index contributed by atoms with van der Waals surface area (Å²) in [4.78, 5) is 28.0. The molecule has 2 aromatic carbocycles. The van der Waals surface area contributed by atoms with Gasteiger partial charge in [0.15, 0.2) is 17.4 Å². The van der Waals surface area contributed by atoms with Crippen molar-refractivity contribution in [3.8, 4) is 0 Å². The second-order valence-corrected chi connectivity index (χ2v) is 7.04. The number of esters is 1. The Morgan fingerprint density at radius 2 is 1.79 bits per heavy atom. The van der Waals surface area contributed by atoms with E-state index in [4.69, 9.17) is 4.74 Å². The average Bonchev–Trinajstić information content (AvgIpc) is 3.22. The maximum atomic E-state index is 12.8. The molecule has 1 aromatic heterocycles. The maximum Gasteiger partial charge on any atom is 0.358 e. The third kappa shape index (κ3) is 6.69. The molecule has 0 aliphatic carbocycles. The molecule has 1 amide bonds. The highest BCUT2D eigenvalue weighted by Gasteiger charge is 2.14. The Morgan fingerprint density at radius 3 is 2.55 bits per heavy atom. The number of amides is 1. The first-order valence-corrected chi connectivity index (χ1v) is 9.90. The largest absolute Gasteiger partial charge is 0.451 e. The minimum Gasteiger partial charge on any atom is -0.451 e. The number of carbonyl (C=O) groups excluding carboxylic acids is 2. The van der Waals surface area contributed by atoms with E-state index in [-0.39, 0.29) is 18.1 Å². The topological polar surface area (TPSA) is 80.3 Å². The molecule has 8 heteroatoms. The average molecular weight is 413 g/mol. The van der Waals surface area contributed by atoms with Crippen molar-refractivity contribution in [3.05, 3.63) is 82.6 Å². The van der Waals surface area contributed by atoms with E-state index in [9.17, 15) is 14.0 Å². The Morgan fingerprint density at radius 1 is 1.03 bits per heavy atom. The first kappa shape index (κ1) is 20.5. The van der Waals surface area contributed by atoms with Crippen molar-refractivity contribution in [3.63, 3.8) is 0 Å².